The number of aryl methyl sites for hydroxylation is 1. The van der Waals surface area contributed by atoms with Crippen LogP contribution in [0.25, 0.3) is 28.2 Å². The van der Waals surface area contributed by atoms with Crippen LogP contribution in [-0.4, -0.2) is 36.4 Å². The van der Waals surface area contributed by atoms with Crippen molar-refractivity contribution in [1.82, 2.24) is 19.6 Å². The standard InChI is InChI=1S/C30H23N5O4S2/c1-22-10-8-11-23(20-22)29-30(34-27(33-29)16-9-18-32-34)24-17-19-31-28(21-24)35(40(36,37)25-12-4-2-5-13-25)41(38,39)26-14-6-3-7-15-26/h2-21H,1H3. The summed E-state index contributed by atoms with van der Waals surface area (Å²) >= 11 is 0. The molecule has 0 aliphatic heterocycles. The molecule has 3 heterocycles. The minimum Gasteiger partial charge on any atom is -0.237 e. The second-order valence-electron chi connectivity index (χ2n) is 9.21. The van der Waals surface area contributed by atoms with E-state index in [1.54, 1.807) is 35.0 Å². The molecule has 204 valence electrons. The lowest BCUT2D eigenvalue weighted by atomic mass is 10.0. The van der Waals surface area contributed by atoms with Crippen molar-refractivity contribution in [2.75, 3.05) is 3.71 Å². The van der Waals surface area contributed by atoms with E-state index in [0.29, 0.717) is 26.3 Å². The predicted octanol–water partition coefficient (Wildman–Crippen LogP) is 5.35. The van der Waals surface area contributed by atoms with Gasteiger partial charge in [-0.3, -0.25) is 0 Å². The largest absolute Gasteiger partial charge is 0.279 e. The highest BCUT2D eigenvalue weighted by Gasteiger charge is 2.38. The van der Waals surface area contributed by atoms with Gasteiger partial charge in [0.25, 0.3) is 20.0 Å². The van der Waals surface area contributed by atoms with Crippen LogP contribution >= 0.6 is 0 Å². The van der Waals surface area contributed by atoms with E-state index in [9.17, 15) is 16.8 Å². The maximum Gasteiger partial charge on any atom is 0.279 e. The van der Waals surface area contributed by atoms with Crippen LogP contribution in [0.4, 0.5) is 5.82 Å². The molecular weight excluding hydrogens is 558 g/mol. The molecule has 0 bridgehead atoms. The molecule has 0 spiro atoms. The monoisotopic (exact) mass is 581 g/mol. The summed E-state index contributed by atoms with van der Waals surface area (Å²) in [6.45, 7) is 1.97. The van der Waals surface area contributed by atoms with Gasteiger partial charge in [-0.2, -0.15) is 21.9 Å². The van der Waals surface area contributed by atoms with Gasteiger partial charge in [-0.1, -0.05) is 60.2 Å². The zero-order valence-corrected chi connectivity index (χ0v) is 23.4. The Morgan fingerprint density at radius 2 is 1.32 bits per heavy atom. The van der Waals surface area contributed by atoms with Gasteiger partial charge in [0.2, 0.25) is 0 Å². The number of rotatable bonds is 7. The molecule has 0 aliphatic rings. The Balaban J connectivity index is 1.60. The predicted molar refractivity (Wildman–Crippen MR) is 156 cm³/mol. The molecule has 0 atom stereocenters. The Kier molecular flexibility index (Phi) is 6.60. The molecule has 6 rings (SSSR count). The molecule has 3 aromatic heterocycles. The second kappa shape index (κ2) is 10.3. The number of pyridine rings is 1. The lowest BCUT2D eigenvalue weighted by molar-refractivity contribution is 0.583. The Morgan fingerprint density at radius 1 is 0.659 bits per heavy atom. The van der Waals surface area contributed by atoms with Crippen LogP contribution in [0.1, 0.15) is 5.56 Å². The smallest absolute Gasteiger partial charge is 0.237 e. The molecule has 0 radical (unpaired) electrons. The molecule has 0 amide bonds. The zero-order chi connectivity index (χ0) is 28.6. The summed E-state index contributed by atoms with van der Waals surface area (Å²) in [4.78, 5) is 8.66. The van der Waals surface area contributed by atoms with E-state index in [1.807, 2.05) is 37.3 Å². The maximum atomic E-state index is 14.0. The van der Waals surface area contributed by atoms with Gasteiger partial charge in [-0.15, -0.1) is 3.71 Å². The molecule has 0 saturated heterocycles. The number of nitrogens with zero attached hydrogens (tertiary/aromatic N) is 5. The lowest BCUT2D eigenvalue weighted by Gasteiger charge is -2.23. The van der Waals surface area contributed by atoms with Crippen LogP contribution < -0.4 is 3.71 Å². The average molecular weight is 582 g/mol. The van der Waals surface area contributed by atoms with E-state index >= 15 is 0 Å². The molecule has 11 heteroatoms. The van der Waals surface area contributed by atoms with Crippen molar-refractivity contribution in [2.45, 2.75) is 16.7 Å². The topological polar surface area (TPSA) is 115 Å². The van der Waals surface area contributed by atoms with Crippen molar-refractivity contribution >= 4 is 31.5 Å². The van der Waals surface area contributed by atoms with E-state index in [4.69, 9.17) is 4.98 Å². The van der Waals surface area contributed by atoms with Gasteiger partial charge in [0, 0.05) is 23.5 Å². The third-order valence-corrected chi connectivity index (χ3v) is 10.6. The zero-order valence-electron chi connectivity index (χ0n) is 21.7. The highest BCUT2D eigenvalue weighted by Crippen LogP contribution is 2.36. The SMILES string of the molecule is Cc1cccc(-c2nc3cccnn3c2-c2ccnc(N(S(=O)(=O)c3ccccc3)S(=O)(=O)c3ccccc3)c2)c1. The van der Waals surface area contributed by atoms with Crippen LogP contribution in [0, 0.1) is 6.92 Å². The average Bonchev–Trinajstić information content (AvgIpc) is 3.38. The number of aromatic nitrogens is 4. The molecule has 41 heavy (non-hydrogen) atoms. The number of fused-ring (bicyclic) bond motifs is 1. The first-order chi connectivity index (χ1) is 19.8. The fourth-order valence-electron chi connectivity index (χ4n) is 4.56. The van der Waals surface area contributed by atoms with Crippen LogP contribution in [0.5, 0.6) is 0 Å². The Bertz CT molecular complexity index is 2030. The van der Waals surface area contributed by atoms with E-state index in [-0.39, 0.29) is 15.6 Å². The fourth-order valence-corrected chi connectivity index (χ4v) is 8.19. The van der Waals surface area contributed by atoms with Gasteiger partial charge < -0.3 is 0 Å². The first-order valence-electron chi connectivity index (χ1n) is 12.5. The summed E-state index contributed by atoms with van der Waals surface area (Å²) in [6.07, 6.45) is 2.99. The number of imidazole rings is 1. The van der Waals surface area contributed by atoms with E-state index in [1.165, 1.54) is 60.8 Å². The summed E-state index contributed by atoms with van der Waals surface area (Å²) in [7, 11) is -9.22. The first kappa shape index (κ1) is 26.4. The normalized spacial score (nSPS) is 11.9. The maximum absolute atomic E-state index is 14.0. The van der Waals surface area contributed by atoms with Crippen molar-refractivity contribution in [3.63, 3.8) is 0 Å². The van der Waals surface area contributed by atoms with E-state index in [2.05, 4.69) is 10.1 Å². The summed E-state index contributed by atoms with van der Waals surface area (Å²) in [5.41, 5.74) is 4.08. The molecule has 0 aliphatic carbocycles. The first-order valence-corrected chi connectivity index (χ1v) is 15.4. The number of hydrogen-bond donors (Lipinski definition) is 0. The van der Waals surface area contributed by atoms with Crippen LogP contribution in [0.15, 0.2) is 131 Å². The molecule has 0 fully saturated rings. The van der Waals surface area contributed by atoms with Gasteiger partial charge in [-0.25, -0.2) is 14.5 Å². The fraction of sp³-hybridized carbons (Fsp3) is 0.0333. The summed E-state index contributed by atoms with van der Waals surface area (Å²) in [5, 5.41) is 4.48. The van der Waals surface area contributed by atoms with Crippen LogP contribution in [0.2, 0.25) is 0 Å². The lowest BCUT2D eigenvalue weighted by Crippen LogP contribution is -2.37. The quantitative estimate of drug-likeness (QED) is 0.250. The van der Waals surface area contributed by atoms with Crippen molar-refractivity contribution < 1.29 is 16.8 Å². The summed E-state index contributed by atoms with van der Waals surface area (Å²) < 4.78 is 57.9. The molecule has 0 N–H and O–H groups in total. The Morgan fingerprint density at radius 3 is 1.95 bits per heavy atom. The van der Waals surface area contributed by atoms with Gasteiger partial charge in [0.05, 0.1) is 15.5 Å². The van der Waals surface area contributed by atoms with Crippen molar-refractivity contribution in [3.8, 4) is 22.5 Å². The molecule has 9 nitrogen and oxygen atoms in total. The van der Waals surface area contributed by atoms with Gasteiger partial charge in [0.1, 0.15) is 5.69 Å². The van der Waals surface area contributed by atoms with Crippen molar-refractivity contribution in [2.24, 2.45) is 0 Å². The molecular formula is C30H23N5O4S2. The van der Waals surface area contributed by atoms with Crippen molar-refractivity contribution in [1.29, 1.82) is 0 Å². The summed E-state index contributed by atoms with van der Waals surface area (Å²) in [5.74, 6) is -0.295. The number of benzene rings is 3. The highest BCUT2D eigenvalue weighted by atomic mass is 32.3. The highest BCUT2D eigenvalue weighted by molar-refractivity contribution is 8.10. The van der Waals surface area contributed by atoms with Gasteiger partial charge >= 0.3 is 0 Å². The number of sulfonamides is 2. The van der Waals surface area contributed by atoms with Crippen LogP contribution in [-0.2, 0) is 20.0 Å². The van der Waals surface area contributed by atoms with E-state index < -0.39 is 20.0 Å². The number of hydrogen-bond acceptors (Lipinski definition) is 7. The Labute approximate surface area is 237 Å². The van der Waals surface area contributed by atoms with Crippen LogP contribution in [0.3, 0.4) is 0 Å². The van der Waals surface area contributed by atoms with Gasteiger partial charge in [-0.05, 0) is 61.5 Å². The third kappa shape index (κ3) is 4.75. The number of anilines is 1. The van der Waals surface area contributed by atoms with Crippen molar-refractivity contribution in [3.05, 3.63) is 127 Å². The molecule has 3 aromatic carbocycles. The second-order valence-corrected chi connectivity index (χ2v) is 13.0. The third-order valence-electron chi connectivity index (χ3n) is 6.41. The molecule has 0 saturated carbocycles. The van der Waals surface area contributed by atoms with Gasteiger partial charge in [0.15, 0.2) is 11.5 Å². The minimum atomic E-state index is -4.61. The van der Waals surface area contributed by atoms with E-state index in [0.717, 1.165) is 11.1 Å². The Hall–Kier alpha value is -4.87. The molecule has 6 aromatic rings. The molecule has 0 unspecified atom stereocenters. The summed E-state index contributed by atoms with van der Waals surface area (Å²) in [6, 6.07) is 29.3. The minimum absolute atomic E-state index is 0.191.